The van der Waals surface area contributed by atoms with Crippen LogP contribution in [0.1, 0.15) is 35.6 Å². The zero-order chi connectivity index (χ0) is 17.1. The molecular formula is C17H20FN3O3. The summed E-state index contributed by atoms with van der Waals surface area (Å²) in [6.07, 6.45) is 3.90. The van der Waals surface area contributed by atoms with E-state index in [2.05, 4.69) is 10.3 Å². The van der Waals surface area contributed by atoms with E-state index in [1.807, 2.05) is 17.7 Å². The van der Waals surface area contributed by atoms with E-state index in [0.29, 0.717) is 13.0 Å². The molecule has 0 aliphatic carbocycles. The first-order valence-electron chi connectivity index (χ1n) is 7.91. The largest absolute Gasteiger partial charge is 0.494 e. The van der Waals surface area contributed by atoms with E-state index in [9.17, 15) is 9.18 Å². The first-order valence-corrected chi connectivity index (χ1v) is 7.91. The maximum absolute atomic E-state index is 14.3. The lowest BCUT2D eigenvalue weighted by Crippen LogP contribution is -2.38. The number of carbonyl (C=O) groups excluding carboxylic acids is 1. The topological polar surface area (TPSA) is 65.4 Å². The van der Waals surface area contributed by atoms with Gasteiger partial charge < -0.3 is 19.4 Å². The minimum Gasteiger partial charge on any atom is -0.494 e. The highest BCUT2D eigenvalue weighted by Crippen LogP contribution is 2.29. The van der Waals surface area contributed by atoms with Gasteiger partial charge in [0.2, 0.25) is 0 Å². The molecule has 1 aromatic carbocycles. The first kappa shape index (κ1) is 16.4. The number of hydrogen-bond donors (Lipinski definition) is 1. The van der Waals surface area contributed by atoms with E-state index in [1.165, 1.54) is 19.2 Å². The molecule has 0 radical (unpaired) electrons. The van der Waals surface area contributed by atoms with Gasteiger partial charge in [0.15, 0.2) is 11.6 Å². The van der Waals surface area contributed by atoms with Crippen molar-refractivity contribution in [3.8, 4) is 5.75 Å². The van der Waals surface area contributed by atoms with Gasteiger partial charge in [-0.15, -0.1) is 0 Å². The number of aromatic nitrogens is 2. The van der Waals surface area contributed by atoms with Crippen molar-refractivity contribution in [2.24, 2.45) is 0 Å². The van der Waals surface area contributed by atoms with Crippen molar-refractivity contribution in [1.82, 2.24) is 14.9 Å². The van der Waals surface area contributed by atoms with Crippen LogP contribution in [0.5, 0.6) is 5.75 Å². The van der Waals surface area contributed by atoms with Crippen molar-refractivity contribution in [2.75, 3.05) is 13.7 Å². The van der Waals surface area contributed by atoms with Crippen molar-refractivity contribution in [3.05, 3.63) is 47.8 Å². The third-order valence-electron chi connectivity index (χ3n) is 4.18. The lowest BCUT2D eigenvalue weighted by atomic mass is 10.1. The Kier molecular flexibility index (Phi) is 4.80. The summed E-state index contributed by atoms with van der Waals surface area (Å²) in [6, 6.07) is 4.25. The van der Waals surface area contributed by atoms with Crippen LogP contribution in [0.25, 0.3) is 0 Å². The molecular weight excluding hydrogens is 313 g/mol. The van der Waals surface area contributed by atoms with Crippen LogP contribution in [0.2, 0.25) is 0 Å². The SMILES string of the molecule is CCn1ccnc1[C@H]1OCC[C@@H]1NC(=O)c1cccc(OC)c1F. The lowest BCUT2D eigenvalue weighted by molar-refractivity contribution is 0.0773. The molecule has 7 heteroatoms. The molecule has 1 saturated heterocycles. The second-order valence-corrected chi connectivity index (χ2v) is 5.55. The van der Waals surface area contributed by atoms with Crippen molar-refractivity contribution in [1.29, 1.82) is 0 Å². The van der Waals surface area contributed by atoms with Crippen molar-refractivity contribution < 1.29 is 18.7 Å². The van der Waals surface area contributed by atoms with Crippen LogP contribution >= 0.6 is 0 Å². The third kappa shape index (κ3) is 2.99. The van der Waals surface area contributed by atoms with Crippen LogP contribution in [0, 0.1) is 5.82 Å². The van der Waals surface area contributed by atoms with E-state index in [0.717, 1.165) is 12.4 Å². The van der Waals surface area contributed by atoms with E-state index in [4.69, 9.17) is 9.47 Å². The van der Waals surface area contributed by atoms with Gasteiger partial charge in [0.1, 0.15) is 11.9 Å². The number of ether oxygens (including phenoxy) is 2. The monoisotopic (exact) mass is 333 g/mol. The highest BCUT2D eigenvalue weighted by molar-refractivity contribution is 5.95. The number of carbonyl (C=O) groups is 1. The fourth-order valence-electron chi connectivity index (χ4n) is 2.93. The molecule has 1 aliphatic heterocycles. The summed E-state index contributed by atoms with van der Waals surface area (Å²) < 4.78 is 26.9. The van der Waals surface area contributed by atoms with Crippen molar-refractivity contribution in [3.63, 3.8) is 0 Å². The Bertz CT molecular complexity index is 732. The summed E-state index contributed by atoms with van der Waals surface area (Å²) in [5.74, 6) is -0.334. The van der Waals surface area contributed by atoms with Crippen LogP contribution in [-0.4, -0.2) is 35.2 Å². The zero-order valence-electron chi connectivity index (χ0n) is 13.7. The molecule has 1 aromatic heterocycles. The average molecular weight is 333 g/mol. The molecule has 1 N–H and O–H groups in total. The quantitative estimate of drug-likeness (QED) is 0.912. The first-order chi connectivity index (χ1) is 11.7. The van der Waals surface area contributed by atoms with Gasteiger partial charge >= 0.3 is 0 Å². The van der Waals surface area contributed by atoms with Gasteiger partial charge in [-0.1, -0.05) is 6.07 Å². The van der Waals surface area contributed by atoms with E-state index in [1.54, 1.807) is 12.3 Å². The maximum atomic E-state index is 14.3. The number of methoxy groups -OCH3 is 1. The second-order valence-electron chi connectivity index (χ2n) is 5.55. The molecule has 2 heterocycles. The molecule has 2 atom stereocenters. The molecule has 0 bridgehead atoms. The molecule has 2 aromatic rings. The normalized spacial score (nSPS) is 20.1. The Morgan fingerprint density at radius 3 is 3.12 bits per heavy atom. The van der Waals surface area contributed by atoms with Gasteiger partial charge in [0.05, 0.1) is 18.7 Å². The van der Waals surface area contributed by atoms with Gasteiger partial charge in [0, 0.05) is 25.5 Å². The number of benzene rings is 1. The Morgan fingerprint density at radius 2 is 2.38 bits per heavy atom. The van der Waals surface area contributed by atoms with Gasteiger partial charge in [-0.2, -0.15) is 0 Å². The third-order valence-corrected chi connectivity index (χ3v) is 4.18. The van der Waals surface area contributed by atoms with E-state index < -0.39 is 11.7 Å². The molecule has 1 fully saturated rings. The van der Waals surface area contributed by atoms with E-state index in [-0.39, 0.29) is 23.5 Å². The minimum atomic E-state index is -0.664. The maximum Gasteiger partial charge on any atom is 0.254 e. The number of nitrogens with one attached hydrogen (secondary N) is 1. The second kappa shape index (κ2) is 7.00. The smallest absolute Gasteiger partial charge is 0.254 e. The van der Waals surface area contributed by atoms with E-state index >= 15 is 0 Å². The molecule has 24 heavy (non-hydrogen) atoms. The molecule has 1 amide bonds. The van der Waals surface area contributed by atoms with Gasteiger partial charge in [-0.3, -0.25) is 4.79 Å². The molecule has 0 saturated carbocycles. The number of imidazole rings is 1. The summed E-state index contributed by atoms with van der Waals surface area (Å²) >= 11 is 0. The van der Waals surface area contributed by atoms with Crippen LogP contribution < -0.4 is 10.1 Å². The Balaban J connectivity index is 1.79. The number of hydrogen-bond acceptors (Lipinski definition) is 4. The highest BCUT2D eigenvalue weighted by atomic mass is 19.1. The summed E-state index contributed by atoms with van der Waals surface area (Å²) in [7, 11) is 1.37. The molecule has 6 nitrogen and oxygen atoms in total. The minimum absolute atomic E-state index is 0.0427. The van der Waals surface area contributed by atoms with Gasteiger partial charge in [-0.05, 0) is 25.5 Å². The number of amides is 1. The lowest BCUT2D eigenvalue weighted by Gasteiger charge is -2.20. The van der Waals surface area contributed by atoms with Gasteiger partial charge in [0.25, 0.3) is 5.91 Å². The Labute approximate surface area is 139 Å². The summed E-state index contributed by atoms with van der Waals surface area (Å²) in [5, 5.41) is 2.86. The summed E-state index contributed by atoms with van der Waals surface area (Å²) in [4.78, 5) is 16.8. The molecule has 128 valence electrons. The number of halogens is 1. The Hall–Kier alpha value is -2.41. The van der Waals surface area contributed by atoms with Crippen molar-refractivity contribution >= 4 is 5.91 Å². The predicted octanol–water partition coefficient (Wildman–Crippen LogP) is 2.31. The van der Waals surface area contributed by atoms with Crippen LogP contribution in [-0.2, 0) is 11.3 Å². The van der Waals surface area contributed by atoms with Crippen molar-refractivity contribution in [2.45, 2.75) is 32.0 Å². The van der Waals surface area contributed by atoms with Crippen LogP contribution in [0.4, 0.5) is 4.39 Å². The van der Waals surface area contributed by atoms with Crippen LogP contribution in [0.15, 0.2) is 30.6 Å². The fraction of sp³-hybridized carbons (Fsp3) is 0.412. The fourth-order valence-corrected chi connectivity index (χ4v) is 2.93. The molecule has 0 unspecified atom stereocenters. The highest BCUT2D eigenvalue weighted by Gasteiger charge is 2.34. The molecule has 3 rings (SSSR count). The molecule has 0 spiro atoms. The number of aryl methyl sites for hydroxylation is 1. The number of nitrogens with zero attached hydrogens (tertiary/aromatic N) is 2. The van der Waals surface area contributed by atoms with Crippen LogP contribution in [0.3, 0.4) is 0 Å². The number of rotatable bonds is 5. The zero-order valence-corrected chi connectivity index (χ0v) is 13.7. The summed E-state index contributed by atoms with van der Waals surface area (Å²) in [6.45, 7) is 3.30. The average Bonchev–Trinajstić information content (AvgIpc) is 3.23. The predicted molar refractivity (Wildman–Crippen MR) is 85.4 cm³/mol. The Morgan fingerprint density at radius 1 is 1.54 bits per heavy atom. The standard InChI is InChI=1S/C17H20FN3O3/c1-3-21-9-8-19-16(21)15-12(7-10-24-15)20-17(22)11-5-4-6-13(23-2)14(11)18/h4-6,8-9,12,15H,3,7,10H2,1-2H3,(H,20,22)/t12-,15-/m0/s1. The van der Waals surface area contributed by atoms with Gasteiger partial charge in [-0.25, -0.2) is 9.37 Å². The molecule has 1 aliphatic rings. The summed E-state index contributed by atoms with van der Waals surface area (Å²) in [5.41, 5.74) is -0.0427.